The van der Waals surface area contributed by atoms with E-state index in [4.69, 9.17) is 30.8 Å². The van der Waals surface area contributed by atoms with Gasteiger partial charge >= 0.3 is 6.18 Å². The third-order valence-electron chi connectivity index (χ3n) is 8.67. The van der Waals surface area contributed by atoms with Crippen molar-refractivity contribution in [3.8, 4) is 34.4 Å². The Kier molecular flexibility index (Phi) is 14.5. The van der Waals surface area contributed by atoms with E-state index in [0.29, 0.717) is 24.7 Å². The Morgan fingerprint density at radius 2 is 1.35 bits per heavy atom. The number of alkyl halides is 3. The molecule has 11 heteroatoms. The van der Waals surface area contributed by atoms with Crippen molar-refractivity contribution >= 4 is 22.6 Å². The fourth-order valence-corrected chi connectivity index (χ4v) is 5.97. The van der Waals surface area contributed by atoms with Crippen LogP contribution in [0.1, 0.15) is 65.9 Å². The summed E-state index contributed by atoms with van der Waals surface area (Å²) in [6, 6.07) is 14.7. The predicted molar refractivity (Wildman–Crippen MR) is 192 cm³/mol. The van der Waals surface area contributed by atoms with E-state index in [2.05, 4.69) is 55.1 Å². The van der Waals surface area contributed by atoms with Crippen LogP contribution in [0.4, 0.5) is 13.2 Å². The third-order valence-corrected chi connectivity index (χ3v) is 9.00. The zero-order chi connectivity index (χ0) is 35.4. The molecule has 0 spiro atoms. The molecule has 0 aliphatic carbocycles. The van der Waals surface area contributed by atoms with Crippen molar-refractivity contribution in [3.05, 3.63) is 65.2 Å². The largest absolute Gasteiger partial charge is 0.493 e. The molecule has 0 amide bonds. The van der Waals surface area contributed by atoms with Gasteiger partial charge in [-0.2, -0.15) is 13.2 Å². The van der Waals surface area contributed by atoms with Gasteiger partial charge in [-0.05, 0) is 87.9 Å². The van der Waals surface area contributed by atoms with Crippen LogP contribution in [0.15, 0.2) is 54.6 Å². The number of aromatic nitrogens is 2. The van der Waals surface area contributed by atoms with Crippen molar-refractivity contribution in [1.29, 1.82) is 0 Å². The normalized spacial score (nSPS) is 12.0. The topological polar surface area (TPSA) is 52.0 Å². The molecule has 7 nitrogen and oxygen atoms in total. The van der Waals surface area contributed by atoms with E-state index < -0.39 is 11.7 Å². The lowest BCUT2D eigenvalue weighted by Gasteiger charge is -2.18. The van der Waals surface area contributed by atoms with E-state index in [1.807, 2.05) is 18.2 Å². The highest BCUT2D eigenvalue weighted by atomic mass is 35.5. The molecule has 0 saturated carbocycles. The van der Waals surface area contributed by atoms with Crippen LogP contribution in [0.2, 0.25) is 5.02 Å². The van der Waals surface area contributed by atoms with E-state index >= 15 is 0 Å². The van der Waals surface area contributed by atoms with E-state index in [0.717, 1.165) is 106 Å². The van der Waals surface area contributed by atoms with Crippen LogP contribution in [0.25, 0.3) is 22.4 Å². The lowest BCUT2D eigenvalue weighted by molar-refractivity contribution is -0.137. The Morgan fingerprint density at radius 1 is 0.735 bits per heavy atom. The molecule has 4 rings (SSSR count). The van der Waals surface area contributed by atoms with Gasteiger partial charge in [-0.25, -0.2) is 4.98 Å². The second kappa shape index (κ2) is 18.5. The van der Waals surface area contributed by atoms with Crippen molar-refractivity contribution in [1.82, 2.24) is 19.4 Å². The van der Waals surface area contributed by atoms with Gasteiger partial charge in [0.2, 0.25) is 0 Å². The van der Waals surface area contributed by atoms with Gasteiger partial charge in [-0.3, -0.25) is 0 Å². The van der Waals surface area contributed by atoms with E-state index in [1.54, 1.807) is 12.1 Å². The highest BCUT2D eigenvalue weighted by Crippen LogP contribution is 2.39. The van der Waals surface area contributed by atoms with Crippen molar-refractivity contribution in [2.24, 2.45) is 0 Å². The molecule has 0 aliphatic heterocycles. The standard InChI is InChI=1S/C38H50ClF3N4O3/c1-6-11-22-46-34-26-31(47-23-12-20-44(7-2)8-3)27-35(48-24-13-21-45(9-4)10-5)36(34)43-37(46)28-14-16-29(17-15-28)49-30-18-19-33(39)32(25-30)38(40,41)42/h14-19,25-27H,6-13,20-24H2,1-5H3. The number of fused-ring (bicyclic) bond motifs is 1. The van der Waals surface area contributed by atoms with Crippen molar-refractivity contribution in [2.75, 3.05) is 52.5 Å². The number of rotatable bonds is 20. The Balaban J connectivity index is 1.65. The molecule has 1 aromatic heterocycles. The summed E-state index contributed by atoms with van der Waals surface area (Å²) < 4.78 is 60.9. The van der Waals surface area contributed by atoms with E-state index in [1.165, 1.54) is 12.1 Å². The van der Waals surface area contributed by atoms with Gasteiger partial charge in [0.15, 0.2) is 5.75 Å². The van der Waals surface area contributed by atoms with Gasteiger partial charge < -0.3 is 28.6 Å². The summed E-state index contributed by atoms with van der Waals surface area (Å²) in [5.41, 5.74) is 1.61. The smallest absolute Gasteiger partial charge is 0.417 e. The first-order chi connectivity index (χ1) is 23.6. The maximum absolute atomic E-state index is 13.4. The zero-order valence-electron chi connectivity index (χ0n) is 29.4. The number of ether oxygens (including phenoxy) is 3. The minimum absolute atomic E-state index is 0.0482. The zero-order valence-corrected chi connectivity index (χ0v) is 30.2. The fraction of sp³-hybridized carbons (Fsp3) is 0.500. The predicted octanol–water partition coefficient (Wildman–Crippen LogP) is 10.2. The van der Waals surface area contributed by atoms with Gasteiger partial charge in [-0.15, -0.1) is 0 Å². The molecule has 0 bridgehead atoms. The Labute approximate surface area is 293 Å². The molecule has 0 aliphatic rings. The average Bonchev–Trinajstić information content (AvgIpc) is 3.46. The summed E-state index contributed by atoms with van der Waals surface area (Å²) in [5, 5.41) is -0.374. The SMILES string of the molecule is CCCCn1c(-c2ccc(Oc3ccc(Cl)c(C(F)(F)F)c3)cc2)nc2c(OCCCN(CC)CC)cc(OCCCN(CC)CC)cc21. The number of benzene rings is 3. The molecule has 1 heterocycles. The highest BCUT2D eigenvalue weighted by molar-refractivity contribution is 6.31. The fourth-order valence-electron chi connectivity index (χ4n) is 5.74. The molecule has 0 atom stereocenters. The Hall–Kier alpha value is -3.47. The Bertz CT molecular complexity index is 1600. The molecule has 268 valence electrons. The third kappa shape index (κ3) is 10.5. The van der Waals surface area contributed by atoms with Crippen LogP contribution in [-0.2, 0) is 12.7 Å². The highest BCUT2D eigenvalue weighted by Gasteiger charge is 2.33. The van der Waals surface area contributed by atoms with Gasteiger partial charge in [-0.1, -0.05) is 52.6 Å². The second-order valence-electron chi connectivity index (χ2n) is 12.0. The van der Waals surface area contributed by atoms with Gasteiger partial charge in [0.25, 0.3) is 0 Å². The van der Waals surface area contributed by atoms with Crippen LogP contribution in [0, 0.1) is 0 Å². The van der Waals surface area contributed by atoms with Crippen LogP contribution < -0.4 is 14.2 Å². The molecular weight excluding hydrogens is 653 g/mol. The number of imidazole rings is 1. The average molecular weight is 703 g/mol. The minimum atomic E-state index is -4.58. The summed E-state index contributed by atoms with van der Waals surface area (Å²) in [4.78, 5) is 9.87. The number of hydrogen-bond acceptors (Lipinski definition) is 6. The van der Waals surface area contributed by atoms with Crippen LogP contribution >= 0.6 is 11.6 Å². The van der Waals surface area contributed by atoms with Crippen LogP contribution in [-0.4, -0.2) is 71.8 Å². The number of nitrogens with zero attached hydrogens (tertiary/aromatic N) is 4. The lowest BCUT2D eigenvalue weighted by atomic mass is 10.2. The number of unbranched alkanes of at least 4 members (excludes halogenated alkanes) is 1. The van der Waals surface area contributed by atoms with Gasteiger partial charge in [0.1, 0.15) is 28.6 Å². The first kappa shape index (κ1) is 38.3. The van der Waals surface area contributed by atoms with E-state index in [9.17, 15) is 13.2 Å². The summed E-state index contributed by atoms with van der Waals surface area (Å²) in [5.74, 6) is 2.66. The lowest BCUT2D eigenvalue weighted by Crippen LogP contribution is -2.25. The Morgan fingerprint density at radius 3 is 1.94 bits per heavy atom. The number of halogens is 4. The quantitative estimate of drug-likeness (QED) is 0.0855. The molecule has 0 N–H and O–H groups in total. The molecule has 4 aromatic rings. The van der Waals surface area contributed by atoms with Crippen LogP contribution in [0.5, 0.6) is 23.0 Å². The van der Waals surface area contributed by atoms with Crippen molar-refractivity contribution in [2.45, 2.75) is 73.0 Å². The molecular formula is C38H50ClF3N4O3. The monoisotopic (exact) mass is 702 g/mol. The summed E-state index contributed by atoms with van der Waals surface area (Å²) in [7, 11) is 0. The maximum Gasteiger partial charge on any atom is 0.417 e. The molecule has 0 radical (unpaired) electrons. The summed E-state index contributed by atoms with van der Waals surface area (Å²) in [6.07, 6.45) is -0.818. The summed E-state index contributed by atoms with van der Waals surface area (Å²) >= 11 is 5.79. The first-order valence-electron chi connectivity index (χ1n) is 17.5. The van der Waals surface area contributed by atoms with Crippen molar-refractivity contribution < 1.29 is 27.4 Å². The van der Waals surface area contributed by atoms with Gasteiger partial charge in [0.05, 0.1) is 29.3 Å². The second-order valence-corrected chi connectivity index (χ2v) is 12.4. The molecule has 3 aromatic carbocycles. The minimum Gasteiger partial charge on any atom is -0.493 e. The molecule has 0 fully saturated rings. The maximum atomic E-state index is 13.4. The molecule has 49 heavy (non-hydrogen) atoms. The first-order valence-corrected chi connectivity index (χ1v) is 17.9. The summed E-state index contributed by atoms with van der Waals surface area (Å²) in [6.45, 7) is 18.7. The van der Waals surface area contributed by atoms with Crippen LogP contribution in [0.3, 0.4) is 0 Å². The van der Waals surface area contributed by atoms with Crippen molar-refractivity contribution in [3.63, 3.8) is 0 Å². The number of hydrogen-bond donors (Lipinski definition) is 0. The van der Waals surface area contributed by atoms with E-state index in [-0.39, 0.29) is 10.8 Å². The van der Waals surface area contributed by atoms with Gasteiger partial charge in [0, 0.05) is 37.3 Å². The molecule has 0 saturated heterocycles. The molecule has 0 unspecified atom stereocenters. The number of aryl methyl sites for hydroxylation is 1.